The number of hydrogen-bond acceptors (Lipinski definition) is 4. The molecule has 0 aliphatic heterocycles. The third-order valence-electron chi connectivity index (χ3n) is 3.47. The molecule has 0 saturated heterocycles. The molecule has 0 bridgehead atoms. The van der Waals surface area contributed by atoms with Crippen LogP contribution in [0.3, 0.4) is 0 Å². The Morgan fingerprint density at radius 3 is 2.18 bits per heavy atom. The molecule has 5 heteroatoms. The second-order valence-electron chi connectivity index (χ2n) is 4.92. The summed E-state index contributed by atoms with van der Waals surface area (Å²) in [6.45, 7) is 1.92. The first-order chi connectivity index (χ1) is 10.5. The van der Waals surface area contributed by atoms with E-state index in [1.54, 1.807) is 32.4 Å². The van der Waals surface area contributed by atoms with E-state index in [1.165, 1.54) is 0 Å². The molecular weight excluding hydrogens is 280 g/mol. The highest BCUT2D eigenvalue weighted by molar-refractivity contribution is 5.99. The summed E-state index contributed by atoms with van der Waals surface area (Å²) in [6.07, 6.45) is 0. The molecule has 0 heterocycles. The van der Waals surface area contributed by atoms with Crippen molar-refractivity contribution in [3.8, 4) is 11.5 Å². The van der Waals surface area contributed by atoms with Crippen LogP contribution in [0, 0.1) is 0 Å². The molecule has 116 valence electrons. The molecule has 22 heavy (non-hydrogen) atoms. The largest absolute Gasteiger partial charge is 0.497 e. The molecule has 0 radical (unpaired) electrons. The van der Waals surface area contributed by atoms with Gasteiger partial charge in [0.2, 0.25) is 0 Å². The SMILES string of the molecule is COc1ccc(C(C)NC(=O)c2ccc(OC)cc2N)cc1. The molecule has 2 aromatic rings. The summed E-state index contributed by atoms with van der Waals surface area (Å²) < 4.78 is 10.2. The van der Waals surface area contributed by atoms with Crippen LogP contribution in [0.4, 0.5) is 5.69 Å². The van der Waals surface area contributed by atoms with Crippen molar-refractivity contribution in [1.29, 1.82) is 0 Å². The highest BCUT2D eigenvalue weighted by Gasteiger charge is 2.14. The fourth-order valence-corrected chi connectivity index (χ4v) is 2.12. The summed E-state index contributed by atoms with van der Waals surface area (Å²) in [4.78, 5) is 12.3. The molecule has 0 aliphatic carbocycles. The van der Waals surface area contributed by atoms with E-state index in [9.17, 15) is 4.79 Å². The molecule has 0 spiro atoms. The minimum absolute atomic E-state index is 0.139. The lowest BCUT2D eigenvalue weighted by molar-refractivity contribution is 0.0941. The summed E-state index contributed by atoms with van der Waals surface area (Å²) in [5.74, 6) is 1.18. The van der Waals surface area contributed by atoms with Crippen molar-refractivity contribution in [3.05, 3.63) is 53.6 Å². The van der Waals surface area contributed by atoms with Gasteiger partial charge in [-0.15, -0.1) is 0 Å². The molecule has 2 rings (SSSR count). The topological polar surface area (TPSA) is 73.6 Å². The van der Waals surface area contributed by atoms with Gasteiger partial charge in [-0.1, -0.05) is 12.1 Å². The molecule has 0 aromatic heterocycles. The average Bonchev–Trinajstić information content (AvgIpc) is 2.54. The number of carbonyl (C=O) groups is 1. The summed E-state index contributed by atoms with van der Waals surface area (Å²) in [6, 6.07) is 12.4. The third kappa shape index (κ3) is 3.49. The number of methoxy groups -OCH3 is 2. The molecule has 0 fully saturated rings. The van der Waals surface area contributed by atoms with Gasteiger partial charge in [0, 0.05) is 11.8 Å². The lowest BCUT2D eigenvalue weighted by Crippen LogP contribution is -2.27. The number of benzene rings is 2. The number of amides is 1. The molecule has 1 atom stereocenters. The number of rotatable bonds is 5. The highest BCUT2D eigenvalue weighted by atomic mass is 16.5. The quantitative estimate of drug-likeness (QED) is 0.833. The van der Waals surface area contributed by atoms with Crippen LogP contribution in [0.5, 0.6) is 11.5 Å². The Labute approximate surface area is 130 Å². The van der Waals surface area contributed by atoms with Crippen molar-refractivity contribution in [2.24, 2.45) is 0 Å². The van der Waals surface area contributed by atoms with Crippen LogP contribution in [0.15, 0.2) is 42.5 Å². The maximum absolute atomic E-state index is 12.3. The summed E-state index contributed by atoms with van der Waals surface area (Å²) in [5, 5.41) is 2.93. The molecule has 1 unspecified atom stereocenters. The number of ether oxygens (including phenoxy) is 2. The molecular formula is C17H20N2O3. The van der Waals surface area contributed by atoms with Gasteiger partial charge in [0.1, 0.15) is 11.5 Å². The first kappa shape index (κ1) is 15.7. The predicted molar refractivity (Wildman–Crippen MR) is 86.3 cm³/mol. The van der Waals surface area contributed by atoms with E-state index in [2.05, 4.69) is 5.32 Å². The molecule has 3 N–H and O–H groups in total. The van der Waals surface area contributed by atoms with Crippen LogP contribution >= 0.6 is 0 Å². The standard InChI is InChI=1S/C17H20N2O3/c1-11(12-4-6-13(21-2)7-5-12)19-17(20)15-9-8-14(22-3)10-16(15)18/h4-11H,18H2,1-3H3,(H,19,20). The normalized spacial score (nSPS) is 11.6. The monoisotopic (exact) mass is 300 g/mol. The lowest BCUT2D eigenvalue weighted by atomic mass is 10.1. The maximum atomic E-state index is 12.3. The number of nitrogens with one attached hydrogen (secondary N) is 1. The van der Waals surface area contributed by atoms with Gasteiger partial charge in [-0.2, -0.15) is 0 Å². The van der Waals surface area contributed by atoms with Crippen LogP contribution < -0.4 is 20.5 Å². The van der Waals surface area contributed by atoms with E-state index < -0.39 is 0 Å². The number of hydrogen-bond donors (Lipinski definition) is 2. The Morgan fingerprint density at radius 1 is 1.05 bits per heavy atom. The van der Waals surface area contributed by atoms with Crippen molar-refractivity contribution in [2.45, 2.75) is 13.0 Å². The summed E-state index contributed by atoms with van der Waals surface area (Å²) in [5.41, 5.74) is 7.70. The smallest absolute Gasteiger partial charge is 0.253 e. The zero-order chi connectivity index (χ0) is 16.1. The number of nitrogens with two attached hydrogens (primary N) is 1. The van der Waals surface area contributed by atoms with Gasteiger partial charge in [0.25, 0.3) is 5.91 Å². The Balaban J connectivity index is 2.10. The van der Waals surface area contributed by atoms with Gasteiger partial charge >= 0.3 is 0 Å². The van der Waals surface area contributed by atoms with E-state index in [0.29, 0.717) is 17.0 Å². The van der Waals surface area contributed by atoms with Crippen molar-refractivity contribution in [3.63, 3.8) is 0 Å². The molecule has 2 aromatic carbocycles. The zero-order valence-electron chi connectivity index (χ0n) is 12.9. The van der Waals surface area contributed by atoms with E-state index in [4.69, 9.17) is 15.2 Å². The first-order valence-electron chi connectivity index (χ1n) is 6.93. The van der Waals surface area contributed by atoms with Crippen LogP contribution in [-0.2, 0) is 0 Å². The van der Waals surface area contributed by atoms with E-state index >= 15 is 0 Å². The van der Waals surface area contributed by atoms with Crippen molar-refractivity contribution < 1.29 is 14.3 Å². The minimum atomic E-state index is -0.219. The van der Waals surface area contributed by atoms with Gasteiger partial charge in [0.05, 0.1) is 25.8 Å². The van der Waals surface area contributed by atoms with E-state index in [-0.39, 0.29) is 11.9 Å². The highest BCUT2D eigenvalue weighted by Crippen LogP contribution is 2.21. The Morgan fingerprint density at radius 2 is 1.64 bits per heavy atom. The van der Waals surface area contributed by atoms with Crippen molar-refractivity contribution in [1.82, 2.24) is 5.32 Å². The Bertz CT molecular complexity index is 653. The lowest BCUT2D eigenvalue weighted by Gasteiger charge is -2.16. The molecule has 5 nitrogen and oxygen atoms in total. The number of nitrogen functional groups attached to an aromatic ring is 1. The van der Waals surface area contributed by atoms with Crippen molar-refractivity contribution in [2.75, 3.05) is 20.0 Å². The van der Waals surface area contributed by atoms with Crippen LogP contribution in [-0.4, -0.2) is 20.1 Å². The van der Waals surface area contributed by atoms with Gasteiger partial charge in [-0.3, -0.25) is 4.79 Å². The summed E-state index contributed by atoms with van der Waals surface area (Å²) in [7, 11) is 3.17. The van der Waals surface area contributed by atoms with E-state index in [0.717, 1.165) is 11.3 Å². The van der Waals surface area contributed by atoms with Crippen LogP contribution in [0.2, 0.25) is 0 Å². The zero-order valence-corrected chi connectivity index (χ0v) is 12.9. The predicted octanol–water partition coefficient (Wildman–Crippen LogP) is 2.78. The number of carbonyl (C=O) groups excluding carboxylic acids is 1. The Kier molecular flexibility index (Phi) is 4.88. The van der Waals surface area contributed by atoms with E-state index in [1.807, 2.05) is 31.2 Å². The van der Waals surface area contributed by atoms with Gasteiger partial charge in [0.15, 0.2) is 0 Å². The van der Waals surface area contributed by atoms with Gasteiger partial charge in [-0.05, 0) is 36.8 Å². The first-order valence-corrected chi connectivity index (χ1v) is 6.93. The second kappa shape index (κ2) is 6.85. The maximum Gasteiger partial charge on any atom is 0.253 e. The van der Waals surface area contributed by atoms with Crippen LogP contribution in [0.25, 0.3) is 0 Å². The average molecular weight is 300 g/mol. The molecule has 0 saturated carbocycles. The number of anilines is 1. The summed E-state index contributed by atoms with van der Waals surface area (Å²) >= 11 is 0. The van der Waals surface area contributed by atoms with Gasteiger partial charge in [-0.25, -0.2) is 0 Å². The molecule has 0 aliphatic rings. The third-order valence-corrected chi connectivity index (χ3v) is 3.47. The molecule has 1 amide bonds. The fourth-order valence-electron chi connectivity index (χ4n) is 2.12. The second-order valence-corrected chi connectivity index (χ2v) is 4.92. The van der Waals surface area contributed by atoms with Gasteiger partial charge < -0.3 is 20.5 Å². The fraction of sp³-hybridized carbons (Fsp3) is 0.235. The minimum Gasteiger partial charge on any atom is -0.497 e. The van der Waals surface area contributed by atoms with Crippen molar-refractivity contribution >= 4 is 11.6 Å². The Hall–Kier alpha value is -2.69. The van der Waals surface area contributed by atoms with Crippen LogP contribution in [0.1, 0.15) is 28.9 Å².